The average molecular weight is 376 g/mol. The third-order valence-corrected chi connectivity index (χ3v) is 4.79. The second-order valence-electron chi connectivity index (χ2n) is 5.69. The molecule has 0 bridgehead atoms. The number of thiazole rings is 1. The van der Waals surface area contributed by atoms with Crippen molar-refractivity contribution in [2.24, 2.45) is 0 Å². The normalized spacial score (nSPS) is 10.7. The van der Waals surface area contributed by atoms with Crippen molar-refractivity contribution < 1.29 is 4.79 Å². The van der Waals surface area contributed by atoms with Gasteiger partial charge in [-0.05, 0) is 0 Å². The predicted molar refractivity (Wildman–Crippen MR) is 103 cm³/mol. The molecule has 0 atom stereocenters. The Morgan fingerprint density at radius 1 is 1.11 bits per heavy atom. The van der Waals surface area contributed by atoms with Crippen molar-refractivity contribution in [1.29, 1.82) is 0 Å². The maximum atomic E-state index is 12.4. The molecule has 1 amide bonds. The van der Waals surface area contributed by atoms with Crippen molar-refractivity contribution in [2.75, 3.05) is 6.54 Å². The van der Waals surface area contributed by atoms with Gasteiger partial charge in [0.05, 0.1) is 6.20 Å². The number of nitrogens with zero attached hydrogens (tertiary/aromatic N) is 5. The Kier molecular flexibility index (Phi) is 4.97. The lowest BCUT2D eigenvalue weighted by molar-refractivity contribution is 0.0948. The molecule has 0 saturated heterocycles. The third-order valence-electron chi connectivity index (χ3n) is 3.90. The fourth-order valence-electron chi connectivity index (χ4n) is 2.61. The summed E-state index contributed by atoms with van der Waals surface area (Å²) in [7, 11) is 0. The van der Waals surface area contributed by atoms with Gasteiger partial charge < -0.3 is 9.88 Å². The standard InChI is InChI=1S/C19H16N6OS/c26-18(16-13-27-19(24-16)14-4-2-1-3-5-14)23-9-11-25-10-8-22-17(25)15-12-20-6-7-21-15/h1-8,10,12-13H,9,11H2,(H,23,26). The Balaban J connectivity index is 1.37. The fourth-order valence-corrected chi connectivity index (χ4v) is 3.42. The van der Waals surface area contributed by atoms with Crippen LogP contribution in [0, 0.1) is 0 Å². The molecule has 3 aromatic heterocycles. The van der Waals surface area contributed by atoms with Crippen molar-refractivity contribution in [3.8, 4) is 22.1 Å². The van der Waals surface area contributed by atoms with Gasteiger partial charge in [0.2, 0.25) is 0 Å². The molecule has 134 valence electrons. The Morgan fingerprint density at radius 3 is 2.81 bits per heavy atom. The van der Waals surface area contributed by atoms with Crippen LogP contribution >= 0.6 is 11.3 Å². The molecule has 0 fully saturated rings. The lowest BCUT2D eigenvalue weighted by Gasteiger charge is -2.08. The zero-order valence-corrected chi connectivity index (χ0v) is 15.1. The summed E-state index contributed by atoms with van der Waals surface area (Å²) in [6.07, 6.45) is 8.47. The zero-order chi connectivity index (χ0) is 18.5. The highest BCUT2D eigenvalue weighted by atomic mass is 32.1. The van der Waals surface area contributed by atoms with E-state index >= 15 is 0 Å². The summed E-state index contributed by atoms with van der Waals surface area (Å²) in [5.74, 6) is 0.534. The zero-order valence-electron chi connectivity index (χ0n) is 14.3. The number of aromatic nitrogens is 5. The van der Waals surface area contributed by atoms with Crippen LogP contribution in [0.2, 0.25) is 0 Å². The Morgan fingerprint density at radius 2 is 2.00 bits per heavy atom. The summed E-state index contributed by atoms with van der Waals surface area (Å²) in [6.45, 7) is 1.04. The fraction of sp³-hybridized carbons (Fsp3) is 0.105. The molecule has 0 unspecified atom stereocenters. The van der Waals surface area contributed by atoms with E-state index in [-0.39, 0.29) is 5.91 Å². The van der Waals surface area contributed by atoms with Crippen molar-refractivity contribution in [3.63, 3.8) is 0 Å². The summed E-state index contributed by atoms with van der Waals surface area (Å²) >= 11 is 1.46. The van der Waals surface area contributed by atoms with Crippen LogP contribution in [0.3, 0.4) is 0 Å². The summed E-state index contributed by atoms with van der Waals surface area (Å²) in [5.41, 5.74) is 2.13. The Bertz CT molecular complexity index is 1030. The number of hydrogen-bond acceptors (Lipinski definition) is 6. The maximum Gasteiger partial charge on any atom is 0.270 e. The molecule has 0 aliphatic carbocycles. The molecule has 1 N–H and O–H groups in total. The average Bonchev–Trinajstić information content (AvgIpc) is 3.39. The number of imidazole rings is 1. The molecule has 4 rings (SSSR count). The van der Waals surface area contributed by atoms with E-state index in [1.807, 2.05) is 41.1 Å². The molecule has 0 radical (unpaired) electrons. The Hall–Kier alpha value is -3.39. The first-order chi connectivity index (χ1) is 13.3. The highest BCUT2D eigenvalue weighted by Gasteiger charge is 2.12. The Labute approximate surface area is 159 Å². The van der Waals surface area contributed by atoms with Crippen LogP contribution in [0.4, 0.5) is 0 Å². The van der Waals surface area contributed by atoms with Crippen molar-refractivity contribution in [3.05, 3.63) is 72.4 Å². The van der Waals surface area contributed by atoms with Crippen LogP contribution in [0.5, 0.6) is 0 Å². The van der Waals surface area contributed by atoms with E-state index in [1.165, 1.54) is 11.3 Å². The van der Waals surface area contributed by atoms with Gasteiger partial charge in [-0.1, -0.05) is 30.3 Å². The van der Waals surface area contributed by atoms with Gasteiger partial charge in [-0.25, -0.2) is 15.0 Å². The van der Waals surface area contributed by atoms with Gasteiger partial charge in [0.25, 0.3) is 5.91 Å². The van der Waals surface area contributed by atoms with Crippen LogP contribution in [0.1, 0.15) is 10.5 Å². The largest absolute Gasteiger partial charge is 0.349 e. The molecule has 0 saturated carbocycles. The van der Waals surface area contributed by atoms with Gasteiger partial charge in [-0.2, -0.15) is 0 Å². The minimum absolute atomic E-state index is 0.186. The van der Waals surface area contributed by atoms with Gasteiger partial charge in [0, 0.05) is 48.8 Å². The number of carbonyl (C=O) groups excluding carboxylic acids is 1. The van der Waals surface area contributed by atoms with Gasteiger partial charge >= 0.3 is 0 Å². The van der Waals surface area contributed by atoms with Gasteiger partial charge in [0.15, 0.2) is 5.82 Å². The molecule has 0 aliphatic rings. The molecule has 27 heavy (non-hydrogen) atoms. The lowest BCUT2D eigenvalue weighted by atomic mass is 10.2. The van der Waals surface area contributed by atoms with E-state index in [9.17, 15) is 4.79 Å². The van der Waals surface area contributed by atoms with Crippen LogP contribution in [0.25, 0.3) is 22.1 Å². The summed E-state index contributed by atoms with van der Waals surface area (Å²) in [5, 5.41) is 5.51. The molecule has 1 aromatic carbocycles. The quantitative estimate of drug-likeness (QED) is 0.559. The highest BCUT2D eigenvalue weighted by molar-refractivity contribution is 7.13. The minimum atomic E-state index is -0.186. The van der Waals surface area contributed by atoms with E-state index in [0.29, 0.717) is 24.5 Å². The number of carbonyl (C=O) groups is 1. The first-order valence-electron chi connectivity index (χ1n) is 8.38. The van der Waals surface area contributed by atoms with Crippen LogP contribution in [-0.2, 0) is 6.54 Å². The van der Waals surface area contributed by atoms with Crippen molar-refractivity contribution in [1.82, 2.24) is 29.8 Å². The van der Waals surface area contributed by atoms with Gasteiger partial charge in [0.1, 0.15) is 16.4 Å². The molecular formula is C19H16N6OS. The summed E-state index contributed by atoms with van der Waals surface area (Å²) in [4.78, 5) is 29.4. The number of amides is 1. The topological polar surface area (TPSA) is 85.6 Å². The summed E-state index contributed by atoms with van der Waals surface area (Å²) < 4.78 is 1.93. The first-order valence-corrected chi connectivity index (χ1v) is 9.26. The predicted octanol–water partition coefficient (Wildman–Crippen LogP) is 2.89. The minimum Gasteiger partial charge on any atom is -0.349 e. The second-order valence-corrected chi connectivity index (χ2v) is 6.55. The molecule has 0 spiro atoms. The van der Waals surface area contributed by atoms with E-state index < -0.39 is 0 Å². The number of benzene rings is 1. The number of nitrogens with one attached hydrogen (secondary N) is 1. The SMILES string of the molecule is O=C(NCCn1ccnc1-c1cnccn1)c1csc(-c2ccccc2)n1. The molecule has 8 heteroatoms. The molecule has 7 nitrogen and oxygen atoms in total. The number of rotatable bonds is 6. The molecule has 4 aromatic rings. The van der Waals surface area contributed by atoms with E-state index in [2.05, 4.69) is 25.3 Å². The van der Waals surface area contributed by atoms with Crippen molar-refractivity contribution in [2.45, 2.75) is 6.54 Å². The first kappa shape index (κ1) is 17.0. The summed E-state index contributed by atoms with van der Waals surface area (Å²) in [6, 6.07) is 9.82. The van der Waals surface area contributed by atoms with Gasteiger partial charge in [-0.15, -0.1) is 11.3 Å². The second kappa shape index (κ2) is 7.88. The number of hydrogen-bond donors (Lipinski definition) is 1. The monoisotopic (exact) mass is 376 g/mol. The smallest absolute Gasteiger partial charge is 0.270 e. The maximum absolute atomic E-state index is 12.4. The van der Waals surface area contributed by atoms with E-state index in [1.54, 1.807) is 30.2 Å². The van der Waals surface area contributed by atoms with E-state index in [0.717, 1.165) is 16.4 Å². The van der Waals surface area contributed by atoms with Crippen molar-refractivity contribution >= 4 is 17.2 Å². The van der Waals surface area contributed by atoms with Crippen LogP contribution in [-0.4, -0.2) is 37.0 Å². The third kappa shape index (κ3) is 3.90. The van der Waals surface area contributed by atoms with Gasteiger partial charge in [-0.3, -0.25) is 9.78 Å². The molecular weight excluding hydrogens is 360 g/mol. The van der Waals surface area contributed by atoms with Crippen LogP contribution < -0.4 is 5.32 Å². The lowest BCUT2D eigenvalue weighted by Crippen LogP contribution is -2.27. The van der Waals surface area contributed by atoms with E-state index in [4.69, 9.17) is 0 Å². The van der Waals surface area contributed by atoms with Crippen LogP contribution in [0.15, 0.2) is 66.7 Å². The molecule has 0 aliphatic heterocycles. The molecule has 3 heterocycles. The highest BCUT2D eigenvalue weighted by Crippen LogP contribution is 2.23.